The fourth-order valence-electron chi connectivity index (χ4n) is 3.96. The number of hydrogen-bond acceptors (Lipinski definition) is 1. The second-order valence-electron chi connectivity index (χ2n) is 5.70. The SMILES string of the molecule is O=C(O)[C@]1(Cc2ccccc2)C[C@@H]2CC[C@@H]1C2. The van der Waals surface area contributed by atoms with Gasteiger partial charge in [-0.05, 0) is 43.1 Å². The molecule has 1 N–H and O–H groups in total. The Morgan fingerprint density at radius 3 is 2.59 bits per heavy atom. The number of hydrogen-bond donors (Lipinski definition) is 1. The Morgan fingerprint density at radius 2 is 2.06 bits per heavy atom. The van der Waals surface area contributed by atoms with E-state index in [0.717, 1.165) is 19.3 Å². The predicted molar refractivity (Wildman–Crippen MR) is 65.7 cm³/mol. The van der Waals surface area contributed by atoms with Crippen molar-refractivity contribution < 1.29 is 9.90 Å². The molecular weight excluding hydrogens is 212 g/mol. The molecule has 3 rings (SSSR count). The summed E-state index contributed by atoms with van der Waals surface area (Å²) in [7, 11) is 0. The van der Waals surface area contributed by atoms with Crippen molar-refractivity contribution in [1.82, 2.24) is 0 Å². The maximum Gasteiger partial charge on any atom is 0.310 e. The molecule has 0 amide bonds. The topological polar surface area (TPSA) is 37.3 Å². The van der Waals surface area contributed by atoms with Crippen LogP contribution < -0.4 is 0 Å². The lowest BCUT2D eigenvalue weighted by Crippen LogP contribution is -2.38. The third-order valence-corrected chi connectivity index (χ3v) is 4.76. The molecule has 2 bridgehead atoms. The summed E-state index contributed by atoms with van der Waals surface area (Å²) in [4.78, 5) is 11.7. The van der Waals surface area contributed by atoms with Gasteiger partial charge >= 0.3 is 5.97 Å². The van der Waals surface area contributed by atoms with Gasteiger partial charge in [-0.3, -0.25) is 4.79 Å². The Morgan fingerprint density at radius 1 is 1.29 bits per heavy atom. The molecule has 0 unspecified atom stereocenters. The molecule has 0 radical (unpaired) electrons. The molecule has 0 spiro atoms. The molecular formula is C15H18O2. The van der Waals surface area contributed by atoms with Crippen LogP contribution in [0.3, 0.4) is 0 Å². The van der Waals surface area contributed by atoms with Crippen LogP contribution in [-0.2, 0) is 11.2 Å². The minimum atomic E-state index is -0.575. The van der Waals surface area contributed by atoms with E-state index in [1.165, 1.54) is 12.0 Å². The molecule has 2 aliphatic rings. The molecule has 2 heteroatoms. The van der Waals surface area contributed by atoms with Gasteiger partial charge in [0.1, 0.15) is 0 Å². The molecule has 3 atom stereocenters. The number of fused-ring (bicyclic) bond motifs is 2. The first-order valence-electron chi connectivity index (χ1n) is 6.48. The summed E-state index contributed by atoms with van der Waals surface area (Å²) in [5.74, 6) is 0.499. The van der Waals surface area contributed by atoms with Gasteiger partial charge in [0.2, 0.25) is 0 Å². The zero-order valence-corrected chi connectivity index (χ0v) is 9.93. The zero-order valence-electron chi connectivity index (χ0n) is 9.93. The lowest BCUT2D eigenvalue weighted by Gasteiger charge is -2.33. The van der Waals surface area contributed by atoms with Gasteiger partial charge in [-0.25, -0.2) is 0 Å². The Kier molecular flexibility index (Phi) is 2.46. The van der Waals surface area contributed by atoms with Crippen LogP contribution in [0.2, 0.25) is 0 Å². The highest BCUT2D eigenvalue weighted by atomic mass is 16.4. The van der Waals surface area contributed by atoms with E-state index >= 15 is 0 Å². The van der Waals surface area contributed by atoms with E-state index < -0.39 is 11.4 Å². The Balaban J connectivity index is 1.89. The fourth-order valence-corrected chi connectivity index (χ4v) is 3.96. The third kappa shape index (κ3) is 1.67. The highest BCUT2D eigenvalue weighted by Crippen LogP contribution is 2.57. The van der Waals surface area contributed by atoms with Crippen molar-refractivity contribution in [2.45, 2.75) is 32.1 Å². The first-order chi connectivity index (χ1) is 8.21. The molecule has 90 valence electrons. The first-order valence-corrected chi connectivity index (χ1v) is 6.48. The number of carbonyl (C=O) groups is 1. The van der Waals surface area contributed by atoms with E-state index in [2.05, 4.69) is 12.1 Å². The zero-order chi connectivity index (χ0) is 11.9. The van der Waals surface area contributed by atoms with Gasteiger partial charge in [-0.15, -0.1) is 0 Å². The summed E-state index contributed by atoms with van der Waals surface area (Å²) in [5, 5.41) is 9.65. The van der Waals surface area contributed by atoms with Crippen LogP contribution in [0.4, 0.5) is 0 Å². The number of rotatable bonds is 3. The Labute approximate surface area is 102 Å². The summed E-state index contributed by atoms with van der Waals surface area (Å²) in [6.45, 7) is 0. The van der Waals surface area contributed by atoms with Gasteiger partial charge in [-0.1, -0.05) is 36.8 Å². The minimum Gasteiger partial charge on any atom is -0.481 e. The predicted octanol–water partition coefficient (Wildman–Crippen LogP) is 3.12. The maximum absolute atomic E-state index is 11.7. The fraction of sp³-hybridized carbons (Fsp3) is 0.533. The lowest BCUT2D eigenvalue weighted by molar-refractivity contribution is -0.152. The van der Waals surface area contributed by atoms with Gasteiger partial charge in [-0.2, -0.15) is 0 Å². The highest BCUT2D eigenvalue weighted by Gasteiger charge is 2.55. The van der Waals surface area contributed by atoms with Gasteiger partial charge in [0.15, 0.2) is 0 Å². The molecule has 2 fully saturated rings. The molecule has 0 aromatic heterocycles. The van der Waals surface area contributed by atoms with Crippen LogP contribution in [0.5, 0.6) is 0 Å². The van der Waals surface area contributed by atoms with Gasteiger partial charge < -0.3 is 5.11 Å². The summed E-state index contributed by atoms with van der Waals surface area (Å²) in [5.41, 5.74) is 0.701. The van der Waals surface area contributed by atoms with Crippen LogP contribution in [0.1, 0.15) is 31.2 Å². The summed E-state index contributed by atoms with van der Waals surface area (Å²) in [6.07, 6.45) is 5.10. The third-order valence-electron chi connectivity index (χ3n) is 4.76. The molecule has 17 heavy (non-hydrogen) atoms. The molecule has 1 aromatic carbocycles. The molecule has 0 aliphatic heterocycles. The Bertz CT molecular complexity index is 426. The number of benzene rings is 1. The van der Waals surface area contributed by atoms with Crippen LogP contribution in [0.25, 0.3) is 0 Å². The molecule has 0 heterocycles. The maximum atomic E-state index is 11.7. The first kappa shape index (κ1) is 10.8. The van der Waals surface area contributed by atoms with Gasteiger partial charge in [0, 0.05) is 0 Å². The lowest BCUT2D eigenvalue weighted by atomic mass is 9.69. The molecule has 2 aliphatic carbocycles. The smallest absolute Gasteiger partial charge is 0.310 e. The average molecular weight is 230 g/mol. The summed E-state index contributed by atoms with van der Waals surface area (Å²) in [6, 6.07) is 10.1. The average Bonchev–Trinajstić information content (AvgIpc) is 2.91. The van der Waals surface area contributed by atoms with Crippen LogP contribution in [0.15, 0.2) is 30.3 Å². The monoisotopic (exact) mass is 230 g/mol. The molecule has 2 saturated carbocycles. The normalized spacial score (nSPS) is 35.1. The van der Waals surface area contributed by atoms with E-state index in [0.29, 0.717) is 18.3 Å². The molecule has 2 nitrogen and oxygen atoms in total. The van der Waals surface area contributed by atoms with Crippen molar-refractivity contribution in [2.24, 2.45) is 17.3 Å². The Hall–Kier alpha value is -1.31. The second-order valence-corrected chi connectivity index (χ2v) is 5.70. The van der Waals surface area contributed by atoms with Gasteiger partial charge in [0.05, 0.1) is 5.41 Å². The van der Waals surface area contributed by atoms with Crippen molar-refractivity contribution in [3.63, 3.8) is 0 Å². The van der Waals surface area contributed by atoms with Gasteiger partial charge in [0.25, 0.3) is 0 Å². The number of carboxylic acid groups (broad SMARTS) is 1. The van der Waals surface area contributed by atoms with Crippen molar-refractivity contribution >= 4 is 5.97 Å². The quantitative estimate of drug-likeness (QED) is 0.866. The van der Waals surface area contributed by atoms with E-state index in [9.17, 15) is 9.90 Å². The number of aliphatic carboxylic acids is 1. The van der Waals surface area contributed by atoms with E-state index in [4.69, 9.17) is 0 Å². The standard InChI is InChI=1S/C15H18O2/c16-14(17)15(9-11-4-2-1-3-5-11)10-12-6-7-13(15)8-12/h1-5,12-13H,6-10H2,(H,16,17)/t12-,13-,15-/m1/s1. The number of carboxylic acids is 1. The molecule has 0 saturated heterocycles. The largest absolute Gasteiger partial charge is 0.481 e. The van der Waals surface area contributed by atoms with Crippen LogP contribution in [0, 0.1) is 17.3 Å². The van der Waals surface area contributed by atoms with Crippen molar-refractivity contribution in [2.75, 3.05) is 0 Å². The highest BCUT2D eigenvalue weighted by molar-refractivity contribution is 5.76. The van der Waals surface area contributed by atoms with Crippen LogP contribution in [-0.4, -0.2) is 11.1 Å². The summed E-state index contributed by atoms with van der Waals surface area (Å²) < 4.78 is 0. The van der Waals surface area contributed by atoms with E-state index in [1.807, 2.05) is 18.2 Å². The van der Waals surface area contributed by atoms with E-state index in [1.54, 1.807) is 0 Å². The summed E-state index contributed by atoms with van der Waals surface area (Å²) >= 11 is 0. The van der Waals surface area contributed by atoms with Crippen molar-refractivity contribution in [1.29, 1.82) is 0 Å². The van der Waals surface area contributed by atoms with Crippen LogP contribution >= 0.6 is 0 Å². The molecule has 1 aromatic rings. The van der Waals surface area contributed by atoms with E-state index in [-0.39, 0.29) is 0 Å². The second kappa shape index (κ2) is 3.86. The van der Waals surface area contributed by atoms with Crippen molar-refractivity contribution in [3.8, 4) is 0 Å². The minimum absolute atomic E-state index is 0.408. The van der Waals surface area contributed by atoms with Crippen molar-refractivity contribution in [3.05, 3.63) is 35.9 Å².